The largest absolute Gasteiger partial charge is 0.486 e. The van der Waals surface area contributed by atoms with E-state index in [4.69, 9.17) is 19.5 Å². The molecule has 0 saturated carbocycles. The van der Waals surface area contributed by atoms with Crippen LogP contribution in [0.2, 0.25) is 0 Å². The standard InChI is InChI=1S/C23H22N4O4S/c1-23-12-6-5-9-20(23)25-22(27-32(28,29)17-7-3-2-4-8-17)21(26-23)24-16-10-11-18-19(15-16)31-14-13-30-18/h2-12,15,20H,13-14H2,1H3,(H,24,26)(H,25,27). The Bertz CT molecular complexity index is 1270. The predicted molar refractivity (Wildman–Crippen MR) is 123 cm³/mol. The van der Waals surface area contributed by atoms with Gasteiger partial charge in [-0.05, 0) is 31.2 Å². The average molecular weight is 451 g/mol. The van der Waals surface area contributed by atoms with Gasteiger partial charge in [-0.15, -0.1) is 0 Å². The van der Waals surface area contributed by atoms with Crippen LogP contribution in [0.5, 0.6) is 11.5 Å². The van der Waals surface area contributed by atoms with E-state index in [2.05, 4.69) is 10.0 Å². The second-order valence-electron chi connectivity index (χ2n) is 7.75. The molecule has 2 N–H and O–H groups in total. The van der Waals surface area contributed by atoms with E-state index in [1.165, 1.54) is 12.1 Å². The molecule has 0 bridgehead atoms. The second kappa shape index (κ2) is 7.83. The summed E-state index contributed by atoms with van der Waals surface area (Å²) in [6.45, 7) is 2.93. The fraction of sp³-hybridized carbons (Fsp3) is 0.217. The van der Waals surface area contributed by atoms with Gasteiger partial charge in [0.2, 0.25) is 0 Å². The number of allylic oxidation sites excluding steroid dienone is 2. The zero-order valence-corrected chi connectivity index (χ0v) is 18.2. The van der Waals surface area contributed by atoms with Gasteiger partial charge >= 0.3 is 0 Å². The summed E-state index contributed by atoms with van der Waals surface area (Å²) in [6.07, 6.45) is 7.65. The lowest BCUT2D eigenvalue weighted by atomic mass is 9.88. The molecule has 164 valence electrons. The number of fused-ring (bicyclic) bond motifs is 2. The van der Waals surface area contributed by atoms with Crippen molar-refractivity contribution in [3.05, 3.63) is 72.8 Å². The smallest absolute Gasteiger partial charge is 0.263 e. The first-order chi connectivity index (χ1) is 15.4. The zero-order valence-electron chi connectivity index (χ0n) is 17.4. The Labute approximate surface area is 186 Å². The third-order valence-corrected chi connectivity index (χ3v) is 6.73. The number of hydrogen-bond acceptors (Lipinski definition) is 7. The second-order valence-corrected chi connectivity index (χ2v) is 9.44. The molecule has 1 aliphatic carbocycles. The highest BCUT2D eigenvalue weighted by atomic mass is 32.2. The van der Waals surface area contributed by atoms with Crippen molar-refractivity contribution < 1.29 is 17.9 Å². The number of rotatable bonds is 3. The molecule has 2 aromatic carbocycles. The number of aliphatic imine (C=N–C) groups is 2. The van der Waals surface area contributed by atoms with E-state index in [1.807, 2.05) is 37.3 Å². The molecule has 8 nitrogen and oxygen atoms in total. The van der Waals surface area contributed by atoms with Crippen LogP contribution in [-0.4, -0.2) is 44.9 Å². The van der Waals surface area contributed by atoms with Crippen LogP contribution in [0.15, 0.2) is 87.7 Å². The molecule has 0 amide bonds. The molecule has 0 fully saturated rings. The first-order valence-corrected chi connectivity index (χ1v) is 11.7. The molecule has 9 heteroatoms. The van der Waals surface area contributed by atoms with Crippen molar-refractivity contribution in [1.82, 2.24) is 4.72 Å². The zero-order chi connectivity index (χ0) is 22.2. The first kappa shape index (κ1) is 20.3. The van der Waals surface area contributed by atoms with Crippen LogP contribution in [0, 0.1) is 0 Å². The molecule has 5 rings (SSSR count). The number of anilines is 1. The van der Waals surface area contributed by atoms with Gasteiger partial charge in [-0.25, -0.2) is 8.42 Å². The van der Waals surface area contributed by atoms with Crippen LogP contribution in [0.4, 0.5) is 5.69 Å². The third-order valence-electron chi connectivity index (χ3n) is 5.37. The van der Waals surface area contributed by atoms with Crippen LogP contribution in [0.25, 0.3) is 0 Å². The fourth-order valence-corrected chi connectivity index (χ4v) is 4.73. The van der Waals surface area contributed by atoms with E-state index in [0.29, 0.717) is 36.2 Å². The maximum Gasteiger partial charge on any atom is 0.263 e. The molecule has 2 unspecified atom stereocenters. The Morgan fingerprint density at radius 3 is 2.59 bits per heavy atom. The average Bonchev–Trinajstić information content (AvgIpc) is 2.80. The summed E-state index contributed by atoms with van der Waals surface area (Å²) >= 11 is 0. The van der Waals surface area contributed by atoms with Gasteiger partial charge < -0.3 is 14.8 Å². The SMILES string of the molecule is CC12C=CC=CC1N=C(NS(=O)(=O)c1ccccc1)C(Nc1ccc3c(c1)OCCO3)=N2. The summed E-state index contributed by atoms with van der Waals surface area (Å²) in [5.74, 6) is 1.75. The van der Waals surface area contributed by atoms with Crippen molar-refractivity contribution in [2.24, 2.45) is 9.98 Å². The van der Waals surface area contributed by atoms with Crippen molar-refractivity contribution in [3.63, 3.8) is 0 Å². The third kappa shape index (κ3) is 3.87. The molecule has 3 aliphatic rings. The first-order valence-electron chi connectivity index (χ1n) is 10.2. The molecule has 0 spiro atoms. The molecule has 0 aromatic heterocycles. The Hall–Kier alpha value is -3.59. The predicted octanol–water partition coefficient (Wildman–Crippen LogP) is 2.91. The molecule has 2 aliphatic heterocycles. The van der Waals surface area contributed by atoms with Crippen LogP contribution in [0.1, 0.15) is 6.92 Å². The van der Waals surface area contributed by atoms with Gasteiger partial charge in [-0.1, -0.05) is 42.5 Å². The minimum atomic E-state index is -3.85. The lowest BCUT2D eigenvalue weighted by Gasteiger charge is -2.34. The Balaban J connectivity index is 1.50. The summed E-state index contributed by atoms with van der Waals surface area (Å²) in [6, 6.07) is 13.3. The van der Waals surface area contributed by atoms with E-state index in [9.17, 15) is 8.42 Å². The monoisotopic (exact) mass is 450 g/mol. The molecular formula is C23H22N4O4S. The number of nitrogens with one attached hydrogen (secondary N) is 2. The van der Waals surface area contributed by atoms with E-state index < -0.39 is 15.6 Å². The van der Waals surface area contributed by atoms with Gasteiger partial charge in [0.1, 0.15) is 18.8 Å². The normalized spacial score (nSPS) is 23.6. The fourth-order valence-electron chi connectivity index (χ4n) is 3.69. The number of amidine groups is 2. The van der Waals surface area contributed by atoms with Crippen LogP contribution in [0.3, 0.4) is 0 Å². The molecule has 2 heterocycles. The Kier molecular flexibility index (Phi) is 4.97. The van der Waals surface area contributed by atoms with Gasteiger partial charge in [-0.3, -0.25) is 14.7 Å². The van der Waals surface area contributed by atoms with Gasteiger partial charge in [0, 0.05) is 11.8 Å². The van der Waals surface area contributed by atoms with Gasteiger partial charge in [0.05, 0.1) is 10.9 Å². The number of sulfonamides is 1. The van der Waals surface area contributed by atoms with Crippen LogP contribution in [-0.2, 0) is 10.0 Å². The lowest BCUT2D eigenvalue weighted by Crippen LogP contribution is -2.49. The number of hydrogen-bond donors (Lipinski definition) is 2. The van der Waals surface area contributed by atoms with Crippen molar-refractivity contribution >= 4 is 27.4 Å². The van der Waals surface area contributed by atoms with Gasteiger partial charge in [-0.2, -0.15) is 0 Å². The maximum atomic E-state index is 13.0. The summed E-state index contributed by atoms with van der Waals surface area (Å²) < 4.78 is 39.8. The van der Waals surface area contributed by atoms with Gasteiger partial charge in [0.25, 0.3) is 10.0 Å². The highest BCUT2D eigenvalue weighted by Crippen LogP contribution is 2.33. The molecule has 2 atom stereocenters. The lowest BCUT2D eigenvalue weighted by molar-refractivity contribution is 0.171. The van der Waals surface area contributed by atoms with Crippen molar-refractivity contribution in [1.29, 1.82) is 0 Å². The molecule has 32 heavy (non-hydrogen) atoms. The molecular weight excluding hydrogens is 428 g/mol. The van der Waals surface area contributed by atoms with E-state index in [1.54, 1.807) is 30.3 Å². The quantitative estimate of drug-likeness (QED) is 0.749. The summed E-state index contributed by atoms with van der Waals surface area (Å²) in [5, 5.41) is 3.21. The molecule has 0 saturated heterocycles. The highest BCUT2D eigenvalue weighted by Gasteiger charge is 2.37. The van der Waals surface area contributed by atoms with Crippen LogP contribution < -0.4 is 19.5 Å². The number of ether oxygens (including phenoxy) is 2. The van der Waals surface area contributed by atoms with E-state index >= 15 is 0 Å². The minimum Gasteiger partial charge on any atom is -0.486 e. The van der Waals surface area contributed by atoms with Gasteiger partial charge in [0.15, 0.2) is 23.2 Å². The Morgan fingerprint density at radius 2 is 1.78 bits per heavy atom. The maximum absolute atomic E-state index is 13.0. The number of nitrogens with zero attached hydrogens (tertiary/aromatic N) is 2. The van der Waals surface area contributed by atoms with Crippen LogP contribution >= 0.6 is 0 Å². The van der Waals surface area contributed by atoms with E-state index in [-0.39, 0.29) is 16.8 Å². The summed E-state index contributed by atoms with van der Waals surface area (Å²) in [5.41, 5.74) is 0.0454. The summed E-state index contributed by atoms with van der Waals surface area (Å²) in [4.78, 5) is 9.68. The highest BCUT2D eigenvalue weighted by molar-refractivity contribution is 7.90. The minimum absolute atomic E-state index is 0.145. The summed E-state index contributed by atoms with van der Waals surface area (Å²) in [7, 11) is -3.85. The topological polar surface area (TPSA) is 101 Å². The van der Waals surface area contributed by atoms with Crippen molar-refractivity contribution in [2.45, 2.75) is 23.4 Å². The van der Waals surface area contributed by atoms with E-state index in [0.717, 1.165) is 0 Å². The van der Waals surface area contributed by atoms with Crippen molar-refractivity contribution in [3.8, 4) is 11.5 Å². The molecule has 2 aromatic rings. The Morgan fingerprint density at radius 1 is 1.00 bits per heavy atom. The number of benzene rings is 2. The van der Waals surface area contributed by atoms with Crippen molar-refractivity contribution in [2.75, 3.05) is 18.5 Å². The molecule has 0 radical (unpaired) electrons.